The summed E-state index contributed by atoms with van der Waals surface area (Å²) in [6, 6.07) is 13.5. The van der Waals surface area contributed by atoms with Crippen molar-refractivity contribution in [3.63, 3.8) is 0 Å². The summed E-state index contributed by atoms with van der Waals surface area (Å²) in [5, 5.41) is 4.61. The Hall–Kier alpha value is -3.94. The molecular weight excluding hydrogens is 440 g/mol. The molecule has 8 heteroatoms. The fraction of sp³-hybridized carbons (Fsp3) is 0.333. The molecule has 8 nitrogen and oxygen atoms in total. The van der Waals surface area contributed by atoms with Crippen LogP contribution in [0.3, 0.4) is 0 Å². The highest BCUT2D eigenvalue weighted by Gasteiger charge is 2.23. The van der Waals surface area contributed by atoms with Crippen molar-refractivity contribution in [2.24, 2.45) is 0 Å². The van der Waals surface area contributed by atoms with Gasteiger partial charge in [0.2, 0.25) is 0 Å². The Morgan fingerprint density at radius 2 is 1.71 bits per heavy atom. The van der Waals surface area contributed by atoms with Crippen LogP contribution < -0.4 is 10.5 Å². The van der Waals surface area contributed by atoms with E-state index >= 15 is 0 Å². The van der Waals surface area contributed by atoms with Gasteiger partial charge in [-0.25, -0.2) is 9.50 Å². The Balaban J connectivity index is 1.14. The van der Waals surface area contributed by atoms with Crippen molar-refractivity contribution in [3.05, 3.63) is 93.8 Å². The minimum absolute atomic E-state index is 0.00548. The van der Waals surface area contributed by atoms with E-state index in [1.807, 2.05) is 53.6 Å². The summed E-state index contributed by atoms with van der Waals surface area (Å²) in [6.45, 7) is 3.34. The van der Waals surface area contributed by atoms with Crippen molar-refractivity contribution in [3.8, 4) is 0 Å². The maximum Gasteiger partial charge on any atom is 0.277 e. The van der Waals surface area contributed by atoms with Crippen molar-refractivity contribution < 1.29 is 4.79 Å². The second kappa shape index (κ2) is 9.02. The summed E-state index contributed by atoms with van der Waals surface area (Å²) in [7, 11) is 0. The standard InChI is InChI=1S/C27H28N6O2/c34-26(31-15-13-30(14-16-31)24-7-3-4-12-28-24)21-10-8-20(9-11-21)19-32-17-18-33-25(27(32)35)22-5-1-2-6-23(22)29-33/h3-4,7-12,17-18H,1-2,5-6,13-16,19H2. The summed E-state index contributed by atoms with van der Waals surface area (Å²) in [5.74, 6) is 0.996. The van der Waals surface area contributed by atoms with Crippen molar-refractivity contribution in [2.45, 2.75) is 32.2 Å². The van der Waals surface area contributed by atoms with Gasteiger partial charge in [0.15, 0.2) is 0 Å². The van der Waals surface area contributed by atoms with Crippen LogP contribution in [0.2, 0.25) is 0 Å². The molecule has 1 aliphatic heterocycles. The second-order valence-corrected chi connectivity index (χ2v) is 9.32. The predicted octanol–water partition coefficient (Wildman–Crippen LogP) is 2.78. The monoisotopic (exact) mass is 468 g/mol. The third-order valence-electron chi connectivity index (χ3n) is 7.13. The third-order valence-corrected chi connectivity index (χ3v) is 7.13. The van der Waals surface area contributed by atoms with E-state index in [9.17, 15) is 9.59 Å². The summed E-state index contributed by atoms with van der Waals surface area (Å²) >= 11 is 0. The SMILES string of the molecule is O=C(c1ccc(Cn2ccn3nc4c(c3c2=O)CCCC4)cc1)N1CCN(c2ccccn2)CC1. The molecule has 1 aromatic carbocycles. The Bertz CT molecular complexity index is 1420. The first-order chi connectivity index (χ1) is 17.2. The van der Waals surface area contributed by atoms with E-state index in [1.165, 1.54) is 0 Å². The normalized spacial score (nSPS) is 15.9. The van der Waals surface area contributed by atoms with Crippen molar-refractivity contribution >= 4 is 17.2 Å². The van der Waals surface area contributed by atoms with E-state index in [-0.39, 0.29) is 11.5 Å². The first kappa shape index (κ1) is 21.6. The number of amides is 1. The van der Waals surface area contributed by atoms with Crippen LogP contribution in [0.5, 0.6) is 0 Å². The highest BCUT2D eigenvalue weighted by molar-refractivity contribution is 5.94. The fourth-order valence-corrected chi connectivity index (χ4v) is 5.19. The average molecular weight is 469 g/mol. The number of benzene rings is 1. The van der Waals surface area contributed by atoms with Crippen LogP contribution in [0.1, 0.15) is 40.0 Å². The van der Waals surface area contributed by atoms with Gasteiger partial charge in [0.1, 0.15) is 11.3 Å². The number of anilines is 1. The minimum atomic E-state index is -0.00548. The van der Waals surface area contributed by atoms with Crippen LogP contribution in [0.4, 0.5) is 5.82 Å². The Labute approximate surface area is 203 Å². The summed E-state index contributed by atoms with van der Waals surface area (Å²) in [6.07, 6.45) is 9.58. The molecule has 35 heavy (non-hydrogen) atoms. The zero-order chi connectivity index (χ0) is 23.8. The topological polar surface area (TPSA) is 75.7 Å². The van der Waals surface area contributed by atoms with Crippen LogP contribution in [0.25, 0.3) is 5.52 Å². The summed E-state index contributed by atoms with van der Waals surface area (Å²) in [4.78, 5) is 34.8. The number of aryl methyl sites for hydroxylation is 2. The van der Waals surface area contributed by atoms with Crippen LogP contribution in [-0.4, -0.2) is 56.2 Å². The molecule has 2 aliphatic rings. The number of aromatic nitrogens is 4. The summed E-state index contributed by atoms with van der Waals surface area (Å²) in [5.41, 5.74) is 4.54. The van der Waals surface area contributed by atoms with Gasteiger partial charge in [-0.05, 0) is 55.5 Å². The predicted molar refractivity (Wildman–Crippen MR) is 134 cm³/mol. The lowest BCUT2D eigenvalue weighted by Crippen LogP contribution is -2.49. The molecular formula is C27H28N6O2. The van der Waals surface area contributed by atoms with Crippen LogP contribution in [-0.2, 0) is 19.4 Å². The zero-order valence-corrected chi connectivity index (χ0v) is 19.6. The lowest BCUT2D eigenvalue weighted by Gasteiger charge is -2.35. The van der Waals surface area contributed by atoms with E-state index < -0.39 is 0 Å². The molecule has 0 spiro atoms. The number of rotatable bonds is 4. The summed E-state index contributed by atoms with van der Waals surface area (Å²) < 4.78 is 3.48. The minimum Gasteiger partial charge on any atom is -0.353 e. The molecule has 3 aromatic heterocycles. The van der Waals surface area contributed by atoms with E-state index in [4.69, 9.17) is 0 Å². The molecule has 178 valence electrons. The van der Waals surface area contributed by atoms with Gasteiger partial charge in [-0.1, -0.05) is 18.2 Å². The molecule has 1 aliphatic carbocycles. The highest BCUT2D eigenvalue weighted by Crippen LogP contribution is 2.23. The maximum absolute atomic E-state index is 13.2. The molecule has 4 aromatic rings. The Morgan fingerprint density at radius 3 is 2.49 bits per heavy atom. The molecule has 6 rings (SSSR count). The number of piperazine rings is 1. The van der Waals surface area contributed by atoms with E-state index in [0.717, 1.165) is 61.4 Å². The fourth-order valence-electron chi connectivity index (χ4n) is 5.19. The van der Waals surface area contributed by atoms with Gasteiger partial charge in [0.05, 0.1) is 12.2 Å². The molecule has 0 atom stereocenters. The quantitative estimate of drug-likeness (QED) is 0.460. The van der Waals surface area contributed by atoms with E-state index in [1.54, 1.807) is 21.5 Å². The lowest BCUT2D eigenvalue weighted by atomic mass is 9.97. The first-order valence-corrected chi connectivity index (χ1v) is 12.3. The zero-order valence-electron chi connectivity index (χ0n) is 19.6. The van der Waals surface area contributed by atoms with Gasteiger partial charge < -0.3 is 14.4 Å². The van der Waals surface area contributed by atoms with E-state index in [2.05, 4.69) is 15.0 Å². The largest absolute Gasteiger partial charge is 0.353 e. The van der Waals surface area contributed by atoms with Crippen LogP contribution in [0, 0.1) is 0 Å². The van der Waals surface area contributed by atoms with Gasteiger partial charge in [0, 0.05) is 55.9 Å². The lowest BCUT2D eigenvalue weighted by molar-refractivity contribution is 0.0746. The Kier molecular flexibility index (Phi) is 5.56. The molecule has 0 bridgehead atoms. The van der Waals surface area contributed by atoms with E-state index in [0.29, 0.717) is 30.7 Å². The molecule has 1 saturated heterocycles. The molecule has 1 fully saturated rings. The van der Waals surface area contributed by atoms with Gasteiger partial charge >= 0.3 is 0 Å². The number of carbonyl (C=O) groups excluding carboxylic acids is 1. The van der Waals surface area contributed by atoms with Gasteiger partial charge in [-0.15, -0.1) is 0 Å². The smallest absolute Gasteiger partial charge is 0.277 e. The molecule has 4 heterocycles. The number of hydrogen-bond acceptors (Lipinski definition) is 5. The first-order valence-electron chi connectivity index (χ1n) is 12.3. The van der Waals surface area contributed by atoms with Gasteiger partial charge in [-0.3, -0.25) is 9.59 Å². The molecule has 0 radical (unpaired) electrons. The second-order valence-electron chi connectivity index (χ2n) is 9.32. The number of fused-ring (bicyclic) bond motifs is 3. The number of carbonyl (C=O) groups is 1. The number of nitrogens with zero attached hydrogens (tertiary/aromatic N) is 6. The van der Waals surface area contributed by atoms with Crippen LogP contribution in [0.15, 0.2) is 65.8 Å². The highest BCUT2D eigenvalue weighted by atomic mass is 16.2. The molecule has 0 saturated carbocycles. The molecule has 0 N–H and O–H groups in total. The average Bonchev–Trinajstić information content (AvgIpc) is 3.30. The third kappa shape index (κ3) is 4.09. The molecule has 1 amide bonds. The van der Waals surface area contributed by atoms with Gasteiger partial charge in [-0.2, -0.15) is 5.10 Å². The van der Waals surface area contributed by atoms with Crippen molar-refractivity contribution in [2.75, 3.05) is 31.1 Å². The van der Waals surface area contributed by atoms with Crippen molar-refractivity contribution in [1.29, 1.82) is 0 Å². The van der Waals surface area contributed by atoms with Gasteiger partial charge in [0.25, 0.3) is 11.5 Å². The maximum atomic E-state index is 13.2. The number of pyridine rings is 1. The van der Waals surface area contributed by atoms with Crippen molar-refractivity contribution in [1.82, 2.24) is 24.1 Å². The Morgan fingerprint density at radius 1 is 0.914 bits per heavy atom. The van der Waals surface area contributed by atoms with Crippen LogP contribution >= 0.6 is 0 Å². The molecule has 0 unspecified atom stereocenters. The number of hydrogen-bond donors (Lipinski definition) is 0.